The van der Waals surface area contributed by atoms with Gasteiger partial charge in [-0.3, -0.25) is 19.3 Å². The number of aliphatic carboxylic acids is 1. The second kappa shape index (κ2) is 17.5. The number of carboxylic acids is 1. The fourth-order valence-electron chi connectivity index (χ4n) is 7.02. The molecule has 1 unspecified atom stereocenters. The molecule has 2 aromatic carbocycles. The van der Waals surface area contributed by atoms with Crippen LogP contribution < -0.4 is 14.8 Å². The summed E-state index contributed by atoms with van der Waals surface area (Å²) in [5.74, 6) is -0.0686. The lowest BCUT2D eigenvalue weighted by Gasteiger charge is -2.30. The molecule has 2 aliphatic heterocycles. The van der Waals surface area contributed by atoms with Crippen LogP contribution in [-0.2, 0) is 16.0 Å². The zero-order valence-electron chi connectivity index (χ0n) is 28.1. The number of ether oxygens (including phenoxy) is 2. The smallest absolute Gasteiger partial charge is 0.308 e. The summed E-state index contributed by atoms with van der Waals surface area (Å²) in [6.45, 7) is 9.36. The average molecular weight is 636 g/mol. The van der Waals surface area contributed by atoms with Crippen molar-refractivity contribution < 1.29 is 29.0 Å². The Hall–Kier alpha value is -3.43. The Morgan fingerprint density at radius 2 is 1.80 bits per heavy atom. The molecule has 9 heteroatoms. The van der Waals surface area contributed by atoms with Crippen LogP contribution in [0.5, 0.6) is 11.5 Å². The average Bonchev–Trinajstić information content (AvgIpc) is 3.67. The molecule has 0 radical (unpaired) electrons. The number of benzene rings is 2. The highest BCUT2D eigenvalue weighted by molar-refractivity contribution is 5.97. The van der Waals surface area contributed by atoms with Crippen molar-refractivity contribution in [3.05, 3.63) is 59.2 Å². The van der Waals surface area contributed by atoms with Gasteiger partial charge in [-0.05, 0) is 81.3 Å². The van der Waals surface area contributed by atoms with E-state index in [-0.39, 0.29) is 42.9 Å². The number of nitrogens with zero attached hydrogens (tertiary/aromatic N) is 2. The van der Waals surface area contributed by atoms with Gasteiger partial charge in [-0.15, -0.1) is 0 Å². The number of amides is 1. The van der Waals surface area contributed by atoms with Crippen molar-refractivity contribution >= 4 is 17.7 Å². The van der Waals surface area contributed by atoms with Crippen LogP contribution in [0.25, 0.3) is 0 Å². The molecule has 4 atom stereocenters. The molecule has 4 rings (SSSR count). The molecular formula is C37H53N3O6. The van der Waals surface area contributed by atoms with Gasteiger partial charge in [-0.25, -0.2) is 0 Å². The Bertz CT molecular complexity index is 1320. The van der Waals surface area contributed by atoms with Crippen LogP contribution in [0, 0.1) is 11.8 Å². The molecule has 9 nitrogen and oxygen atoms in total. The lowest BCUT2D eigenvalue weighted by Crippen LogP contribution is -2.44. The van der Waals surface area contributed by atoms with Crippen molar-refractivity contribution in [3.8, 4) is 11.5 Å². The lowest BCUT2D eigenvalue weighted by atomic mass is 9.82. The van der Waals surface area contributed by atoms with Crippen molar-refractivity contribution in [1.82, 2.24) is 15.1 Å². The number of hydrogen-bond acceptors (Lipinski definition) is 7. The summed E-state index contributed by atoms with van der Waals surface area (Å²) in [6.07, 6.45) is 6.51. The lowest BCUT2D eigenvalue weighted by molar-refractivity contribution is -0.144. The van der Waals surface area contributed by atoms with Gasteiger partial charge in [-0.1, -0.05) is 57.5 Å². The van der Waals surface area contributed by atoms with Crippen molar-refractivity contribution in [3.63, 3.8) is 0 Å². The molecule has 1 fully saturated rings. The van der Waals surface area contributed by atoms with Gasteiger partial charge in [0.05, 0.1) is 12.5 Å². The third-order valence-electron chi connectivity index (χ3n) is 9.60. The van der Waals surface area contributed by atoms with Gasteiger partial charge in [0, 0.05) is 43.6 Å². The molecule has 2 aromatic rings. The van der Waals surface area contributed by atoms with E-state index in [9.17, 15) is 19.5 Å². The van der Waals surface area contributed by atoms with E-state index in [2.05, 4.69) is 24.1 Å². The van der Waals surface area contributed by atoms with Crippen LogP contribution >= 0.6 is 0 Å². The third-order valence-corrected chi connectivity index (χ3v) is 9.60. The minimum absolute atomic E-state index is 0.0680. The first kappa shape index (κ1) is 35.4. The van der Waals surface area contributed by atoms with E-state index in [1.807, 2.05) is 61.3 Å². The van der Waals surface area contributed by atoms with E-state index in [4.69, 9.17) is 9.47 Å². The van der Waals surface area contributed by atoms with Crippen LogP contribution in [0.3, 0.4) is 0 Å². The van der Waals surface area contributed by atoms with E-state index < -0.39 is 11.9 Å². The Balaban J connectivity index is 1.55. The first-order valence-corrected chi connectivity index (χ1v) is 17.2. The number of Topliss-reactive ketones (excluding diaryl/α,β-unsaturated/α-hetero) is 1. The fraction of sp³-hybridized carbons (Fsp3) is 0.595. The molecule has 252 valence electrons. The predicted molar refractivity (Wildman–Crippen MR) is 180 cm³/mol. The number of ketones is 1. The van der Waals surface area contributed by atoms with Crippen LogP contribution in [0.4, 0.5) is 0 Å². The second-order valence-corrected chi connectivity index (χ2v) is 12.9. The maximum Gasteiger partial charge on any atom is 0.308 e. The zero-order chi connectivity index (χ0) is 33.1. The van der Waals surface area contributed by atoms with Crippen molar-refractivity contribution in [2.75, 3.05) is 46.6 Å². The third kappa shape index (κ3) is 9.10. The monoisotopic (exact) mass is 635 g/mol. The topological polar surface area (TPSA) is 108 Å². The summed E-state index contributed by atoms with van der Waals surface area (Å²) in [4.78, 5) is 43.5. The molecule has 0 spiro atoms. The Labute approximate surface area is 274 Å². The van der Waals surface area contributed by atoms with Crippen molar-refractivity contribution in [2.24, 2.45) is 11.8 Å². The van der Waals surface area contributed by atoms with Crippen LogP contribution in [0.1, 0.15) is 93.1 Å². The van der Waals surface area contributed by atoms with Gasteiger partial charge in [0.15, 0.2) is 17.3 Å². The minimum Gasteiger partial charge on any atom is -0.481 e. The minimum atomic E-state index is -0.843. The molecule has 2 N–H and O–H groups in total. The SMILES string of the molecule is CCCCN(CCCCNC)C(=O)CN1C[C@H](c2ccc3c(c2)OCO3)[C@@H](C(=O)O)[C@@H]1CCC(C)Cc1ccccc1C(=O)CC. The summed E-state index contributed by atoms with van der Waals surface area (Å²) in [7, 11) is 1.94. The Morgan fingerprint density at radius 1 is 1.04 bits per heavy atom. The van der Waals surface area contributed by atoms with Crippen LogP contribution in [-0.4, -0.2) is 85.2 Å². The summed E-state index contributed by atoms with van der Waals surface area (Å²) < 4.78 is 11.1. The molecule has 2 aliphatic rings. The predicted octanol–water partition coefficient (Wildman–Crippen LogP) is 5.76. The fourth-order valence-corrected chi connectivity index (χ4v) is 7.02. The maximum atomic E-state index is 13.8. The summed E-state index contributed by atoms with van der Waals surface area (Å²) >= 11 is 0. The quantitative estimate of drug-likeness (QED) is 0.148. The normalized spacial score (nSPS) is 19.7. The van der Waals surface area contributed by atoms with Gasteiger partial charge in [-0.2, -0.15) is 0 Å². The molecular weight excluding hydrogens is 582 g/mol. The van der Waals surface area contributed by atoms with Gasteiger partial charge >= 0.3 is 5.97 Å². The standard InChI is InChI=1S/C37H53N3O6/c1-5-7-19-39(20-11-10-18-38-4)35(42)24-40-23-30(28-15-17-33-34(22-28)46-25-45-33)36(37(43)44)31(40)16-14-26(3)21-27-12-8-9-13-29(27)32(41)6-2/h8-9,12-13,15,17,22,26,30-31,36,38H,5-7,10-11,14,16,18-21,23-25H2,1-4H3,(H,43,44)/t26?,30-,31+,36-/m1/s1. The van der Waals surface area contributed by atoms with Crippen LogP contribution in [0.2, 0.25) is 0 Å². The number of carboxylic acid groups (broad SMARTS) is 1. The van der Waals surface area contributed by atoms with E-state index in [0.717, 1.165) is 61.8 Å². The van der Waals surface area contributed by atoms with Gasteiger partial charge in [0.25, 0.3) is 0 Å². The molecule has 1 amide bonds. The summed E-state index contributed by atoms with van der Waals surface area (Å²) in [5, 5.41) is 13.8. The van der Waals surface area contributed by atoms with E-state index in [1.54, 1.807) is 0 Å². The summed E-state index contributed by atoms with van der Waals surface area (Å²) in [5.41, 5.74) is 2.71. The number of unbranched alkanes of at least 4 members (excludes halogenated alkanes) is 2. The molecule has 0 aromatic heterocycles. The molecule has 0 aliphatic carbocycles. The van der Waals surface area contributed by atoms with E-state index >= 15 is 0 Å². The highest BCUT2D eigenvalue weighted by Gasteiger charge is 2.47. The number of nitrogens with one attached hydrogen (secondary N) is 1. The first-order valence-electron chi connectivity index (χ1n) is 17.2. The highest BCUT2D eigenvalue weighted by Crippen LogP contribution is 2.43. The Kier molecular flexibility index (Phi) is 13.5. The van der Waals surface area contributed by atoms with Gasteiger partial charge < -0.3 is 24.8 Å². The summed E-state index contributed by atoms with van der Waals surface area (Å²) in [6, 6.07) is 13.2. The second-order valence-electron chi connectivity index (χ2n) is 12.9. The number of hydrogen-bond donors (Lipinski definition) is 2. The number of rotatable bonds is 19. The number of likely N-dealkylation sites (tertiary alicyclic amines) is 1. The largest absolute Gasteiger partial charge is 0.481 e. The zero-order valence-corrected chi connectivity index (χ0v) is 28.1. The van der Waals surface area contributed by atoms with Gasteiger partial charge in [0.1, 0.15) is 0 Å². The molecule has 2 heterocycles. The molecule has 0 saturated carbocycles. The van der Waals surface area contributed by atoms with E-state index in [0.29, 0.717) is 44.0 Å². The van der Waals surface area contributed by atoms with Crippen molar-refractivity contribution in [1.29, 1.82) is 0 Å². The Morgan fingerprint density at radius 3 is 2.54 bits per heavy atom. The van der Waals surface area contributed by atoms with Gasteiger partial charge in [0.2, 0.25) is 12.7 Å². The van der Waals surface area contributed by atoms with Crippen molar-refractivity contribution in [2.45, 2.75) is 84.1 Å². The molecule has 1 saturated heterocycles. The molecule has 46 heavy (non-hydrogen) atoms. The molecule has 0 bridgehead atoms. The number of fused-ring (bicyclic) bond motifs is 1. The number of carbonyl (C=O) groups is 3. The highest BCUT2D eigenvalue weighted by atomic mass is 16.7. The van der Waals surface area contributed by atoms with E-state index in [1.165, 1.54) is 0 Å². The number of carbonyl (C=O) groups excluding carboxylic acids is 2. The first-order chi connectivity index (χ1) is 22.3. The van der Waals surface area contributed by atoms with Crippen LogP contribution in [0.15, 0.2) is 42.5 Å². The maximum absolute atomic E-state index is 13.8.